The molecule has 0 atom stereocenters. The van der Waals surface area contributed by atoms with Crippen molar-refractivity contribution in [3.8, 4) is 0 Å². The molecule has 154 valence electrons. The predicted molar refractivity (Wildman–Crippen MR) is 111 cm³/mol. The summed E-state index contributed by atoms with van der Waals surface area (Å²) < 4.78 is 13.8. The summed E-state index contributed by atoms with van der Waals surface area (Å²) >= 11 is 0. The van der Waals surface area contributed by atoms with Crippen LogP contribution in [0, 0.1) is 0 Å². The summed E-state index contributed by atoms with van der Waals surface area (Å²) in [6.45, 7) is 2.78. The fraction of sp³-hybridized carbons (Fsp3) is 0.273. The van der Waals surface area contributed by atoms with Gasteiger partial charge < -0.3 is 14.0 Å². The standard InChI is InChI=1S/C22H22N4O4/c1-15(27)30-13-7-12-25-19-11-6-4-9-17(19)23-20(25)14-26-18-10-5-3-8-16(18)21(24-26)22(28)29-2/h3-6,8-11H,7,12-14H2,1-2H3. The number of benzene rings is 2. The Bertz CT molecular complexity index is 1220. The molecule has 0 saturated heterocycles. The number of hydrogen-bond donors (Lipinski definition) is 0. The molecule has 2 aromatic heterocycles. The number of methoxy groups -OCH3 is 1. The van der Waals surface area contributed by atoms with Gasteiger partial charge >= 0.3 is 11.9 Å². The van der Waals surface area contributed by atoms with E-state index in [1.807, 2.05) is 48.5 Å². The van der Waals surface area contributed by atoms with Crippen molar-refractivity contribution in [3.63, 3.8) is 0 Å². The maximum Gasteiger partial charge on any atom is 0.359 e. The molecule has 0 fully saturated rings. The highest BCUT2D eigenvalue weighted by atomic mass is 16.5. The van der Waals surface area contributed by atoms with Crippen molar-refractivity contribution in [2.24, 2.45) is 0 Å². The number of aromatic nitrogens is 4. The van der Waals surface area contributed by atoms with Crippen molar-refractivity contribution in [3.05, 3.63) is 60.0 Å². The highest BCUT2D eigenvalue weighted by Crippen LogP contribution is 2.22. The lowest BCUT2D eigenvalue weighted by Gasteiger charge is -2.10. The first-order chi connectivity index (χ1) is 14.6. The van der Waals surface area contributed by atoms with Crippen LogP contribution in [0.25, 0.3) is 21.9 Å². The molecule has 0 aliphatic carbocycles. The average molecular weight is 406 g/mol. The molecule has 0 amide bonds. The lowest BCUT2D eigenvalue weighted by atomic mass is 10.2. The summed E-state index contributed by atoms with van der Waals surface area (Å²) in [5.74, 6) is 0.0487. The van der Waals surface area contributed by atoms with E-state index in [1.54, 1.807) is 4.68 Å². The largest absolute Gasteiger partial charge is 0.466 e. The minimum Gasteiger partial charge on any atom is -0.466 e. The molecule has 0 saturated carbocycles. The van der Waals surface area contributed by atoms with Gasteiger partial charge in [-0.05, 0) is 24.6 Å². The second-order valence-corrected chi connectivity index (χ2v) is 6.88. The minimum absolute atomic E-state index is 0.283. The van der Waals surface area contributed by atoms with Crippen LogP contribution in [-0.4, -0.2) is 45.0 Å². The number of esters is 2. The van der Waals surface area contributed by atoms with E-state index in [4.69, 9.17) is 14.5 Å². The molecule has 0 bridgehead atoms. The van der Waals surface area contributed by atoms with E-state index in [9.17, 15) is 9.59 Å². The van der Waals surface area contributed by atoms with Crippen molar-refractivity contribution >= 4 is 33.9 Å². The van der Waals surface area contributed by atoms with Crippen molar-refractivity contribution in [1.82, 2.24) is 19.3 Å². The molecular weight excluding hydrogens is 384 g/mol. The van der Waals surface area contributed by atoms with Gasteiger partial charge in [-0.3, -0.25) is 9.48 Å². The number of imidazole rings is 1. The molecule has 8 heteroatoms. The van der Waals surface area contributed by atoms with Crippen molar-refractivity contribution in [2.45, 2.75) is 26.4 Å². The summed E-state index contributed by atoms with van der Waals surface area (Å²) in [6, 6.07) is 15.4. The van der Waals surface area contributed by atoms with E-state index < -0.39 is 5.97 Å². The monoisotopic (exact) mass is 406 g/mol. The van der Waals surface area contributed by atoms with E-state index in [1.165, 1.54) is 14.0 Å². The first-order valence-corrected chi connectivity index (χ1v) is 9.70. The quantitative estimate of drug-likeness (QED) is 0.346. The second kappa shape index (κ2) is 8.36. The van der Waals surface area contributed by atoms with Gasteiger partial charge in [0.2, 0.25) is 0 Å². The first-order valence-electron chi connectivity index (χ1n) is 9.70. The van der Waals surface area contributed by atoms with Crippen molar-refractivity contribution < 1.29 is 19.1 Å². The van der Waals surface area contributed by atoms with Gasteiger partial charge in [-0.1, -0.05) is 30.3 Å². The molecule has 8 nitrogen and oxygen atoms in total. The average Bonchev–Trinajstić information content (AvgIpc) is 3.29. The normalized spacial score (nSPS) is 11.1. The smallest absolute Gasteiger partial charge is 0.359 e. The van der Waals surface area contributed by atoms with Crippen LogP contribution in [0.15, 0.2) is 48.5 Å². The molecule has 0 unspecified atom stereocenters. The summed E-state index contributed by atoms with van der Waals surface area (Å²) in [5.41, 5.74) is 2.99. The van der Waals surface area contributed by atoms with E-state index in [0.717, 1.165) is 27.8 Å². The molecule has 2 aromatic carbocycles. The zero-order valence-corrected chi connectivity index (χ0v) is 16.9. The molecule has 0 aliphatic heterocycles. The van der Waals surface area contributed by atoms with Crippen LogP contribution in [0.5, 0.6) is 0 Å². The fourth-order valence-corrected chi connectivity index (χ4v) is 3.56. The Hall–Kier alpha value is -3.68. The van der Waals surface area contributed by atoms with Crippen LogP contribution in [0.1, 0.15) is 29.7 Å². The SMILES string of the molecule is COC(=O)c1nn(Cc2nc3ccccc3n2CCCOC(C)=O)c2ccccc12. The van der Waals surface area contributed by atoms with Gasteiger partial charge in [0.25, 0.3) is 0 Å². The fourth-order valence-electron chi connectivity index (χ4n) is 3.56. The van der Waals surface area contributed by atoms with Crippen LogP contribution >= 0.6 is 0 Å². The van der Waals surface area contributed by atoms with Crippen molar-refractivity contribution in [1.29, 1.82) is 0 Å². The van der Waals surface area contributed by atoms with Gasteiger partial charge in [-0.15, -0.1) is 0 Å². The number of hydrogen-bond acceptors (Lipinski definition) is 6. The number of ether oxygens (including phenoxy) is 2. The molecule has 0 radical (unpaired) electrons. The van der Waals surface area contributed by atoms with E-state index in [0.29, 0.717) is 26.1 Å². The topological polar surface area (TPSA) is 88.2 Å². The number of fused-ring (bicyclic) bond motifs is 2. The molecule has 0 N–H and O–H groups in total. The molecule has 2 heterocycles. The Kier molecular flexibility index (Phi) is 5.47. The molecule has 4 aromatic rings. The minimum atomic E-state index is -0.472. The summed E-state index contributed by atoms with van der Waals surface area (Å²) in [6.07, 6.45) is 0.667. The van der Waals surface area contributed by atoms with Crippen LogP contribution < -0.4 is 0 Å². The van der Waals surface area contributed by atoms with Crippen LogP contribution in [0.3, 0.4) is 0 Å². The number of carbonyl (C=O) groups is 2. The number of aryl methyl sites for hydroxylation is 1. The number of nitrogens with zero attached hydrogens (tertiary/aromatic N) is 4. The molecule has 4 rings (SSSR count). The molecular formula is C22H22N4O4. The zero-order chi connectivity index (χ0) is 21.1. The number of rotatable bonds is 7. The lowest BCUT2D eigenvalue weighted by molar-refractivity contribution is -0.141. The summed E-state index contributed by atoms with van der Waals surface area (Å²) in [7, 11) is 1.35. The third-order valence-electron chi connectivity index (χ3n) is 4.89. The Balaban J connectivity index is 1.71. The second-order valence-electron chi connectivity index (χ2n) is 6.88. The van der Waals surface area contributed by atoms with E-state index in [-0.39, 0.29) is 11.7 Å². The first kappa shape index (κ1) is 19.6. The highest BCUT2D eigenvalue weighted by Gasteiger charge is 2.19. The van der Waals surface area contributed by atoms with Crippen LogP contribution in [0.4, 0.5) is 0 Å². The highest BCUT2D eigenvalue weighted by molar-refractivity contribution is 6.02. The lowest BCUT2D eigenvalue weighted by Crippen LogP contribution is -2.12. The third-order valence-corrected chi connectivity index (χ3v) is 4.89. The molecule has 30 heavy (non-hydrogen) atoms. The van der Waals surface area contributed by atoms with Gasteiger partial charge in [0.1, 0.15) is 5.82 Å². The van der Waals surface area contributed by atoms with Gasteiger partial charge in [0.05, 0.1) is 36.8 Å². The Labute approximate surface area is 173 Å². The summed E-state index contributed by atoms with van der Waals surface area (Å²) in [4.78, 5) is 28.0. The van der Waals surface area contributed by atoms with Gasteiger partial charge in [0.15, 0.2) is 5.69 Å². The van der Waals surface area contributed by atoms with E-state index in [2.05, 4.69) is 9.67 Å². The third kappa shape index (κ3) is 3.76. The molecule has 0 spiro atoms. The molecule has 0 aliphatic rings. The predicted octanol–water partition coefficient (Wildman–Crippen LogP) is 3.17. The zero-order valence-electron chi connectivity index (χ0n) is 16.9. The Morgan fingerprint density at radius 1 is 1.03 bits per heavy atom. The van der Waals surface area contributed by atoms with Gasteiger partial charge in [-0.2, -0.15) is 5.10 Å². The summed E-state index contributed by atoms with van der Waals surface area (Å²) in [5, 5.41) is 5.24. The van der Waals surface area contributed by atoms with Crippen LogP contribution in [0.2, 0.25) is 0 Å². The van der Waals surface area contributed by atoms with E-state index >= 15 is 0 Å². The van der Waals surface area contributed by atoms with Gasteiger partial charge in [-0.25, -0.2) is 9.78 Å². The number of carbonyl (C=O) groups excluding carboxylic acids is 2. The number of para-hydroxylation sites is 3. The van der Waals surface area contributed by atoms with Crippen molar-refractivity contribution in [2.75, 3.05) is 13.7 Å². The maximum absolute atomic E-state index is 12.2. The van der Waals surface area contributed by atoms with Gasteiger partial charge in [0, 0.05) is 18.9 Å². The maximum atomic E-state index is 12.2. The Morgan fingerprint density at radius 3 is 2.53 bits per heavy atom. The van der Waals surface area contributed by atoms with Crippen LogP contribution in [-0.2, 0) is 27.4 Å². The Morgan fingerprint density at radius 2 is 1.77 bits per heavy atom.